The molecule has 0 radical (unpaired) electrons. The van der Waals surface area contributed by atoms with Crippen molar-refractivity contribution in [3.05, 3.63) is 41.2 Å². The summed E-state index contributed by atoms with van der Waals surface area (Å²) in [5.74, 6) is 0.706. The van der Waals surface area contributed by atoms with E-state index in [2.05, 4.69) is 10.3 Å². The van der Waals surface area contributed by atoms with Crippen LogP contribution in [-0.4, -0.2) is 40.8 Å². The number of aromatic nitrogens is 3. The number of ether oxygens (including phenoxy) is 3. The molecule has 2 heterocycles. The molecule has 3 rings (SSSR count). The van der Waals surface area contributed by atoms with Gasteiger partial charge in [-0.25, -0.2) is 4.68 Å². The van der Waals surface area contributed by atoms with Gasteiger partial charge in [0.15, 0.2) is 12.1 Å². The smallest absolute Gasteiger partial charge is 0.179 e. The van der Waals surface area contributed by atoms with Crippen molar-refractivity contribution in [3.8, 4) is 5.75 Å². The highest BCUT2D eigenvalue weighted by Crippen LogP contribution is 2.18. The quantitative estimate of drug-likeness (QED) is 0.718. The molecular weight excluding hydrogens is 322 g/mol. The molecule has 1 fully saturated rings. The zero-order valence-electron chi connectivity index (χ0n) is 14.6. The normalized spacial score (nSPS) is 17.4. The van der Waals surface area contributed by atoms with E-state index in [1.165, 1.54) is 6.92 Å². The lowest BCUT2D eigenvalue weighted by Crippen LogP contribution is -2.22. The van der Waals surface area contributed by atoms with Gasteiger partial charge in [-0.3, -0.25) is 4.79 Å². The van der Waals surface area contributed by atoms with Crippen LogP contribution in [0.3, 0.4) is 0 Å². The lowest BCUT2D eigenvalue weighted by molar-refractivity contribution is -0.169. The molecule has 2 aromatic rings. The molecule has 7 heteroatoms. The zero-order chi connectivity index (χ0) is 17.6. The number of nitrogens with zero attached hydrogens (tertiary/aromatic N) is 3. The van der Waals surface area contributed by atoms with Crippen molar-refractivity contribution < 1.29 is 19.0 Å². The molecule has 1 aromatic heterocycles. The third-order valence-electron chi connectivity index (χ3n) is 4.17. The number of benzene rings is 1. The van der Waals surface area contributed by atoms with Crippen LogP contribution in [0.15, 0.2) is 24.3 Å². The van der Waals surface area contributed by atoms with Crippen molar-refractivity contribution in [1.82, 2.24) is 15.0 Å². The molecule has 1 aliphatic heterocycles. The van der Waals surface area contributed by atoms with Gasteiger partial charge >= 0.3 is 0 Å². The van der Waals surface area contributed by atoms with Crippen molar-refractivity contribution in [2.45, 2.75) is 45.6 Å². The van der Waals surface area contributed by atoms with Crippen LogP contribution < -0.4 is 4.74 Å². The largest absolute Gasteiger partial charge is 0.497 e. The highest BCUT2D eigenvalue weighted by molar-refractivity contribution is 5.93. The Morgan fingerprint density at radius 2 is 2.12 bits per heavy atom. The summed E-state index contributed by atoms with van der Waals surface area (Å²) in [5.41, 5.74) is 2.04. The number of carbonyl (C=O) groups is 1. The first-order valence-corrected chi connectivity index (χ1v) is 8.47. The maximum absolute atomic E-state index is 12.1. The predicted molar refractivity (Wildman–Crippen MR) is 90.5 cm³/mol. The summed E-state index contributed by atoms with van der Waals surface area (Å²) in [6.45, 7) is 2.92. The average molecular weight is 345 g/mol. The van der Waals surface area contributed by atoms with Gasteiger partial charge in [0.2, 0.25) is 0 Å². The lowest BCUT2D eigenvalue weighted by Gasteiger charge is -2.22. The maximum atomic E-state index is 12.1. The van der Waals surface area contributed by atoms with Gasteiger partial charge in [0.1, 0.15) is 17.1 Å². The molecule has 25 heavy (non-hydrogen) atoms. The van der Waals surface area contributed by atoms with Gasteiger partial charge in [-0.1, -0.05) is 17.3 Å². The zero-order valence-corrected chi connectivity index (χ0v) is 14.6. The summed E-state index contributed by atoms with van der Waals surface area (Å²) in [7, 11) is 1.63. The third-order valence-corrected chi connectivity index (χ3v) is 4.17. The minimum atomic E-state index is -0.222. The van der Waals surface area contributed by atoms with E-state index < -0.39 is 0 Å². The summed E-state index contributed by atoms with van der Waals surface area (Å²) in [6, 6.07) is 7.64. The van der Waals surface area contributed by atoms with Gasteiger partial charge in [0, 0.05) is 13.5 Å². The Morgan fingerprint density at radius 1 is 1.32 bits per heavy atom. The molecule has 1 aromatic carbocycles. The van der Waals surface area contributed by atoms with E-state index in [4.69, 9.17) is 14.2 Å². The van der Waals surface area contributed by atoms with E-state index in [0.717, 1.165) is 30.6 Å². The minimum Gasteiger partial charge on any atom is -0.497 e. The van der Waals surface area contributed by atoms with Crippen LogP contribution >= 0.6 is 0 Å². The maximum Gasteiger partial charge on any atom is 0.179 e. The second-order valence-electron chi connectivity index (χ2n) is 6.05. The molecule has 0 amide bonds. The molecule has 1 unspecified atom stereocenters. The van der Waals surface area contributed by atoms with Crippen LogP contribution in [0.25, 0.3) is 0 Å². The fraction of sp³-hybridized carbons (Fsp3) is 0.500. The van der Waals surface area contributed by atoms with E-state index in [1.54, 1.807) is 11.8 Å². The van der Waals surface area contributed by atoms with Gasteiger partial charge < -0.3 is 14.2 Å². The molecule has 1 aliphatic rings. The molecule has 0 saturated carbocycles. The van der Waals surface area contributed by atoms with E-state index in [-0.39, 0.29) is 18.7 Å². The lowest BCUT2D eigenvalue weighted by atomic mass is 10.2. The first-order chi connectivity index (χ1) is 12.2. The Hall–Kier alpha value is -2.25. The molecule has 134 valence electrons. The second-order valence-corrected chi connectivity index (χ2v) is 6.05. The molecule has 0 N–H and O–H groups in total. The topological polar surface area (TPSA) is 75.5 Å². The number of ketones is 1. The highest BCUT2D eigenvalue weighted by atomic mass is 16.7. The summed E-state index contributed by atoms with van der Waals surface area (Å²) in [4.78, 5) is 12.1. The summed E-state index contributed by atoms with van der Waals surface area (Å²) < 4.78 is 18.1. The minimum absolute atomic E-state index is 0.0818. The Balaban J connectivity index is 1.70. The van der Waals surface area contributed by atoms with Crippen LogP contribution in [0, 0.1) is 0 Å². The van der Waals surface area contributed by atoms with Gasteiger partial charge in [0.05, 0.1) is 20.3 Å². The number of hydrogen-bond acceptors (Lipinski definition) is 6. The van der Waals surface area contributed by atoms with E-state index >= 15 is 0 Å². The van der Waals surface area contributed by atoms with Crippen LogP contribution in [0.2, 0.25) is 0 Å². The highest BCUT2D eigenvalue weighted by Gasteiger charge is 2.20. The fourth-order valence-corrected chi connectivity index (χ4v) is 2.86. The Labute approximate surface area is 146 Å². The molecule has 0 bridgehead atoms. The first-order valence-electron chi connectivity index (χ1n) is 8.47. The van der Waals surface area contributed by atoms with E-state index in [9.17, 15) is 4.79 Å². The molecule has 0 spiro atoms. The average Bonchev–Trinajstić information content (AvgIpc) is 3.04. The third kappa shape index (κ3) is 4.43. The number of methoxy groups -OCH3 is 1. The van der Waals surface area contributed by atoms with Crippen LogP contribution in [0.1, 0.15) is 47.9 Å². The molecule has 1 atom stereocenters. The van der Waals surface area contributed by atoms with Crippen molar-refractivity contribution in [2.75, 3.05) is 13.7 Å². The van der Waals surface area contributed by atoms with Crippen LogP contribution in [-0.2, 0) is 22.6 Å². The number of rotatable bonds is 7. The Bertz CT molecular complexity index is 706. The Kier molecular flexibility index (Phi) is 5.78. The standard InChI is InChI=1S/C18H23N3O4/c1-13(22)18-16(12-25-17-5-3-4-10-24-17)19-20-21(18)11-14-6-8-15(23-2)9-7-14/h6-9,17H,3-5,10-12H2,1-2H3. The van der Waals surface area contributed by atoms with E-state index in [1.807, 2.05) is 24.3 Å². The van der Waals surface area contributed by atoms with Gasteiger partial charge in [-0.2, -0.15) is 0 Å². The summed E-state index contributed by atoms with van der Waals surface area (Å²) in [6.07, 6.45) is 2.81. The molecule has 0 aliphatic carbocycles. The van der Waals surface area contributed by atoms with Crippen LogP contribution in [0.5, 0.6) is 5.75 Å². The second kappa shape index (κ2) is 8.22. The van der Waals surface area contributed by atoms with Crippen molar-refractivity contribution in [2.24, 2.45) is 0 Å². The molecule has 1 saturated heterocycles. The summed E-state index contributed by atoms with van der Waals surface area (Å²) in [5, 5.41) is 8.27. The van der Waals surface area contributed by atoms with Crippen molar-refractivity contribution >= 4 is 5.78 Å². The van der Waals surface area contributed by atoms with Gasteiger partial charge in [-0.15, -0.1) is 5.10 Å². The fourth-order valence-electron chi connectivity index (χ4n) is 2.86. The summed E-state index contributed by atoms with van der Waals surface area (Å²) >= 11 is 0. The van der Waals surface area contributed by atoms with E-state index in [0.29, 0.717) is 24.5 Å². The van der Waals surface area contributed by atoms with Gasteiger partial charge in [0.25, 0.3) is 0 Å². The van der Waals surface area contributed by atoms with Crippen LogP contribution in [0.4, 0.5) is 0 Å². The SMILES string of the molecule is COc1ccc(Cn2nnc(COC3CCCCO3)c2C(C)=O)cc1. The molecule has 7 nitrogen and oxygen atoms in total. The monoisotopic (exact) mass is 345 g/mol. The molecular formula is C18H23N3O4. The number of Topliss-reactive ketones (excluding diaryl/α,β-unsaturated/α-hetero) is 1. The van der Waals surface area contributed by atoms with Crippen molar-refractivity contribution in [1.29, 1.82) is 0 Å². The first kappa shape index (κ1) is 17.6. The van der Waals surface area contributed by atoms with Gasteiger partial charge in [-0.05, 0) is 37.0 Å². The number of hydrogen-bond donors (Lipinski definition) is 0. The number of carbonyl (C=O) groups excluding carboxylic acids is 1. The predicted octanol–water partition coefficient (Wildman–Crippen LogP) is 2.58. The Morgan fingerprint density at radius 3 is 2.76 bits per heavy atom. The van der Waals surface area contributed by atoms with Crippen molar-refractivity contribution in [3.63, 3.8) is 0 Å².